The Morgan fingerprint density at radius 1 is 0.925 bits per heavy atom. The summed E-state index contributed by atoms with van der Waals surface area (Å²) in [5, 5.41) is 13.1. The van der Waals surface area contributed by atoms with Gasteiger partial charge in [0, 0.05) is 33.7 Å². The second-order valence-corrected chi connectivity index (χ2v) is 16.4. The van der Waals surface area contributed by atoms with Crippen LogP contribution in [0.3, 0.4) is 0 Å². The Bertz CT molecular complexity index is 2230. The van der Waals surface area contributed by atoms with E-state index in [0.717, 1.165) is 61.1 Å². The van der Waals surface area contributed by atoms with Gasteiger partial charge in [-0.25, -0.2) is 0 Å². The fourth-order valence-corrected chi connectivity index (χ4v) is 10.4. The van der Waals surface area contributed by atoms with Gasteiger partial charge in [0.05, 0.1) is 17.1 Å². The summed E-state index contributed by atoms with van der Waals surface area (Å²) in [6, 6.07) is 9.77. The number of aryl methyl sites for hydroxylation is 3. The van der Waals surface area contributed by atoms with Gasteiger partial charge < -0.3 is 4.98 Å². The van der Waals surface area contributed by atoms with Crippen molar-refractivity contribution in [2.45, 2.75) is 146 Å². The molecule has 1 saturated carbocycles. The van der Waals surface area contributed by atoms with Gasteiger partial charge in [-0.3, -0.25) is 0 Å². The molecule has 0 aliphatic heterocycles. The van der Waals surface area contributed by atoms with E-state index in [1.54, 1.807) is 5.57 Å². The fourth-order valence-electron chi connectivity index (χ4n) is 10.4. The summed E-state index contributed by atoms with van der Waals surface area (Å²) in [5.41, 5.74) is 23.4. The largest absolute Gasteiger partial charge is 0.354 e. The lowest BCUT2D eigenvalue weighted by Gasteiger charge is -2.34. The van der Waals surface area contributed by atoms with Gasteiger partial charge in [-0.2, -0.15) is 5.26 Å². The molecule has 3 aromatic carbocycles. The zero-order valence-electron chi connectivity index (χ0n) is 35.0. The first kappa shape index (κ1) is 38.6. The van der Waals surface area contributed by atoms with Crippen molar-refractivity contribution in [3.05, 3.63) is 104 Å². The molecule has 5 aliphatic rings. The Hall–Kier alpha value is -4.09. The molecule has 1 fully saturated rings. The molecule has 0 spiro atoms. The third-order valence-corrected chi connectivity index (χ3v) is 12.4. The summed E-state index contributed by atoms with van der Waals surface area (Å²) >= 11 is 0. The van der Waals surface area contributed by atoms with E-state index in [0.29, 0.717) is 11.8 Å². The van der Waals surface area contributed by atoms with Gasteiger partial charge in [0.1, 0.15) is 0 Å². The highest BCUT2D eigenvalue weighted by Crippen LogP contribution is 2.56. The third kappa shape index (κ3) is 5.98. The summed E-state index contributed by atoms with van der Waals surface area (Å²) < 4.78 is 0. The topological polar surface area (TPSA) is 39.6 Å². The second-order valence-electron chi connectivity index (χ2n) is 16.4. The molecule has 1 aromatic heterocycles. The third-order valence-electron chi connectivity index (χ3n) is 12.4. The number of allylic oxidation sites excluding steroid dienone is 6. The number of aromatic amines is 1. The molecule has 1 heterocycles. The van der Waals surface area contributed by atoms with Gasteiger partial charge in [0.15, 0.2) is 0 Å². The van der Waals surface area contributed by atoms with Gasteiger partial charge in [-0.15, -0.1) is 0 Å². The molecule has 0 amide bonds. The quantitative estimate of drug-likeness (QED) is 0.226. The van der Waals surface area contributed by atoms with Crippen molar-refractivity contribution in [2.75, 3.05) is 0 Å². The average Bonchev–Trinajstić information content (AvgIpc) is 3.92. The second kappa shape index (κ2) is 15.0. The molecule has 4 aromatic rings. The number of hydrogen-bond donors (Lipinski definition) is 1. The van der Waals surface area contributed by atoms with E-state index < -0.39 is 0 Å². The molecule has 0 bridgehead atoms. The first-order valence-corrected chi connectivity index (χ1v) is 21.1. The first-order valence-electron chi connectivity index (χ1n) is 21.1. The number of aromatic nitrogens is 1. The molecule has 0 saturated heterocycles. The van der Waals surface area contributed by atoms with Crippen LogP contribution in [0.5, 0.6) is 0 Å². The summed E-state index contributed by atoms with van der Waals surface area (Å²) in [7, 11) is 0. The van der Waals surface area contributed by atoms with Crippen LogP contribution in [0.2, 0.25) is 0 Å². The normalized spacial score (nSPS) is 20.0. The van der Waals surface area contributed by atoms with Crippen molar-refractivity contribution >= 4 is 33.5 Å². The zero-order chi connectivity index (χ0) is 38.5. The van der Waals surface area contributed by atoms with Crippen molar-refractivity contribution in [3.63, 3.8) is 0 Å². The Balaban J connectivity index is 0.000000764. The molecule has 5 aliphatic carbocycles. The predicted molar refractivity (Wildman–Crippen MR) is 232 cm³/mol. The predicted octanol–water partition coefficient (Wildman–Crippen LogP) is 14.7. The molecule has 1 N–H and O–H groups in total. The smallest absolute Gasteiger partial charge is 0.0998 e. The van der Waals surface area contributed by atoms with Gasteiger partial charge in [0.25, 0.3) is 0 Å². The fraction of sp³-hybridized carbons (Fsp3) is 0.471. The number of fused-ring (bicyclic) bond motifs is 7. The number of H-pyrrole nitrogens is 1. The van der Waals surface area contributed by atoms with Gasteiger partial charge >= 0.3 is 0 Å². The lowest BCUT2D eigenvalue weighted by molar-refractivity contribution is 0.579. The van der Waals surface area contributed by atoms with Gasteiger partial charge in [-0.05, 0) is 136 Å². The SMILES string of the molecule is C=C(C1=C(C)C=C2CC(C)CC21)c1c2c3c(c4c1[nH]c1cc(C#N)c5c(c14)C(CCC)C=C5)CCc1cc(C(C)(C)C)cc(c1-3)CC2.CC.CC.CC. The van der Waals surface area contributed by atoms with Crippen molar-refractivity contribution in [1.82, 2.24) is 4.98 Å². The van der Waals surface area contributed by atoms with Crippen LogP contribution < -0.4 is 0 Å². The van der Waals surface area contributed by atoms with Crippen LogP contribution in [-0.2, 0) is 31.1 Å². The maximum absolute atomic E-state index is 10.3. The van der Waals surface area contributed by atoms with Crippen LogP contribution in [0.15, 0.2) is 53.6 Å². The number of benzene rings is 3. The first-order chi connectivity index (χ1) is 25.6. The summed E-state index contributed by atoms with van der Waals surface area (Å²) in [5.74, 6) is 1.55. The summed E-state index contributed by atoms with van der Waals surface area (Å²) in [6.07, 6.45) is 16.0. The monoisotopic (exact) mass is 705 g/mol. The Morgan fingerprint density at radius 3 is 2.21 bits per heavy atom. The molecule has 3 atom stereocenters. The molecule has 278 valence electrons. The van der Waals surface area contributed by atoms with Crippen LogP contribution in [0.4, 0.5) is 0 Å². The molecule has 9 rings (SSSR count). The Kier molecular flexibility index (Phi) is 10.9. The van der Waals surface area contributed by atoms with E-state index in [9.17, 15) is 5.26 Å². The maximum atomic E-state index is 10.3. The van der Waals surface area contributed by atoms with Crippen molar-refractivity contribution in [3.8, 4) is 17.2 Å². The number of hydrogen-bond acceptors (Lipinski definition) is 1. The average molecular weight is 705 g/mol. The minimum Gasteiger partial charge on any atom is -0.354 e. The van der Waals surface area contributed by atoms with E-state index in [1.165, 1.54) is 95.9 Å². The molecular formula is C51H64N2. The minimum absolute atomic E-state index is 0.127. The number of nitrogens with zero attached hydrogens (tertiary/aromatic N) is 1. The van der Waals surface area contributed by atoms with Gasteiger partial charge in [-0.1, -0.05) is 125 Å². The van der Waals surface area contributed by atoms with E-state index in [4.69, 9.17) is 6.58 Å². The van der Waals surface area contributed by atoms with Crippen molar-refractivity contribution < 1.29 is 0 Å². The molecule has 3 unspecified atom stereocenters. The van der Waals surface area contributed by atoms with Crippen LogP contribution in [-0.4, -0.2) is 4.98 Å². The van der Waals surface area contributed by atoms with E-state index in [1.807, 2.05) is 41.5 Å². The van der Waals surface area contributed by atoms with Gasteiger partial charge in [0.2, 0.25) is 0 Å². The zero-order valence-corrected chi connectivity index (χ0v) is 35.0. The highest BCUT2D eigenvalue weighted by atomic mass is 14.7. The summed E-state index contributed by atoms with van der Waals surface area (Å²) in [4.78, 5) is 4.02. The van der Waals surface area contributed by atoms with Crippen LogP contribution >= 0.6 is 0 Å². The molecule has 2 nitrogen and oxygen atoms in total. The Morgan fingerprint density at radius 2 is 1.58 bits per heavy atom. The summed E-state index contributed by atoms with van der Waals surface area (Å²) in [6.45, 7) is 31.1. The lowest BCUT2D eigenvalue weighted by Crippen LogP contribution is -2.20. The Labute approximate surface area is 321 Å². The van der Waals surface area contributed by atoms with Crippen molar-refractivity contribution in [1.29, 1.82) is 5.26 Å². The van der Waals surface area contributed by atoms with E-state index in [2.05, 4.69) is 89.0 Å². The van der Waals surface area contributed by atoms with Crippen LogP contribution in [0, 0.1) is 23.2 Å². The highest BCUT2D eigenvalue weighted by Gasteiger charge is 2.39. The van der Waals surface area contributed by atoms with Crippen LogP contribution in [0.1, 0.15) is 165 Å². The number of rotatable bonds is 4. The number of nitriles is 1. The highest BCUT2D eigenvalue weighted by molar-refractivity contribution is 6.19. The maximum Gasteiger partial charge on any atom is 0.0998 e. The van der Waals surface area contributed by atoms with E-state index >= 15 is 0 Å². The van der Waals surface area contributed by atoms with Crippen molar-refractivity contribution in [2.24, 2.45) is 11.8 Å². The molecular weight excluding hydrogens is 641 g/mol. The number of nitrogens with one attached hydrogen (secondary N) is 1. The van der Waals surface area contributed by atoms with Crippen LogP contribution in [0.25, 0.3) is 44.6 Å². The standard InChI is InChI=1S/C45H46N2.3C2H6/c1-8-9-26-10-13-32-30(22-46)21-36-43(40(26)32)42-34-15-12-28-20-31(45(5,6)7)19-27-11-14-33(41(34)39(27)28)38(44(42)47-36)25(4)37-24(3)18-29-16-23(2)17-35(29)37;3*1-2/h10,13,18-21,23,26,35,47H,4,8-9,11-12,14-17H2,1-3,5-7H3;3*1-2H3. The lowest BCUT2D eigenvalue weighted by atomic mass is 9.69. The molecule has 53 heavy (non-hydrogen) atoms. The minimum atomic E-state index is 0.127. The molecule has 0 radical (unpaired) electrons. The molecule has 2 heteroatoms. The van der Waals surface area contributed by atoms with E-state index in [-0.39, 0.29) is 5.41 Å².